The molecule has 3 rings (SSSR count). The molecule has 0 fully saturated rings. The summed E-state index contributed by atoms with van der Waals surface area (Å²) in [5, 5.41) is 11.5. The number of unbranched alkanes of at least 4 members (excludes halogenated alkanes) is 1. The summed E-state index contributed by atoms with van der Waals surface area (Å²) in [6, 6.07) is 10.7. The Morgan fingerprint density at radius 2 is 1.88 bits per heavy atom. The van der Waals surface area contributed by atoms with Gasteiger partial charge in [0, 0.05) is 25.2 Å². The lowest BCUT2D eigenvalue weighted by molar-refractivity contribution is 0.588. The average molecular weight is 480 g/mol. The molecule has 0 bridgehead atoms. The van der Waals surface area contributed by atoms with Gasteiger partial charge < -0.3 is 9.88 Å². The predicted octanol–water partition coefficient (Wildman–Crippen LogP) is 4.38. The number of aromatic nitrogens is 3. The molecule has 0 aliphatic heterocycles. The summed E-state index contributed by atoms with van der Waals surface area (Å²) in [4.78, 5) is 0.128. The maximum absolute atomic E-state index is 14.6. The minimum Gasteiger partial charge on any atom is -0.313 e. The molecule has 0 amide bonds. The lowest BCUT2D eigenvalue weighted by Crippen LogP contribution is -2.32. The maximum Gasteiger partial charge on any atom is 0.264 e. The molecular formula is C22H27ClFN5O2S. The number of halogens is 2. The van der Waals surface area contributed by atoms with Crippen molar-refractivity contribution in [1.82, 2.24) is 20.1 Å². The Bertz CT molecular complexity index is 1170. The number of sulfonamides is 1. The molecule has 0 aliphatic carbocycles. The number of rotatable bonds is 10. The Morgan fingerprint density at radius 1 is 1.16 bits per heavy atom. The van der Waals surface area contributed by atoms with Gasteiger partial charge in [-0.1, -0.05) is 50.1 Å². The highest BCUT2D eigenvalue weighted by Crippen LogP contribution is 2.37. The molecule has 32 heavy (non-hydrogen) atoms. The number of nitrogens with one attached hydrogen (secondary N) is 1. The third-order valence-electron chi connectivity index (χ3n) is 5.09. The lowest BCUT2D eigenvalue weighted by atomic mass is 10.1. The molecule has 7 nitrogen and oxygen atoms in total. The number of hydrogen-bond acceptors (Lipinski definition) is 5. The number of benzene rings is 2. The van der Waals surface area contributed by atoms with Gasteiger partial charge in [0.05, 0.1) is 22.2 Å². The fraction of sp³-hybridized carbons (Fsp3) is 0.364. The van der Waals surface area contributed by atoms with E-state index in [0.29, 0.717) is 30.2 Å². The number of nitrogens with zero attached hydrogens (tertiary/aromatic N) is 4. The summed E-state index contributed by atoms with van der Waals surface area (Å²) in [5.41, 5.74) is 0.569. The van der Waals surface area contributed by atoms with E-state index in [-0.39, 0.29) is 22.2 Å². The van der Waals surface area contributed by atoms with E-state index >= 15 is 0 Å². The van der Waals surface area contributed by atoms with Crippen LogP contribution >= 0.6 is 11.6 Å². The molecule has 172 valence electrons. The third kappa shape index (κ3) is 4.95. The molecule has 0 spiro atoms. The molecule has 1 aromatic heterocycles. The Hall–Kier alpha value is -2.49. The van der Waals surface area contributed by atoms with E-state index in [1.807, 2.05) is 13.8 Å². The first-order valence-electron chi connectivity index (χ1n) is 10.5. The van der Waals surface area contributed by atoms with Crippen LogP contribution in [-0.2, 0) is 23.6 Å². The molecule has 1 heterocycles. The zero-order chi connectivity index (χ0) is 23.3. The standard InChI is InChI=1S/C22H27ClFN5O2S/c1-4-6-12-29(32(30,31)16-10-8-7-9-11-16)20-14-19(24)18(23)13-17(20)22-27-26-21(28(22)3)15-25-5-2/h7-11,13-14,25H,4-6,12,15H2,1-3H3. The fourth-order valence-electron chi connectivity index (χ4n) is 3.30. The molecule has 3 aromatic rings. The van der Waals surface area contributed by atoms with Crippen molar-refractivity contribution in [3.05, 3.63) is 59.1 Å². The molecule has 0 saturated carbocycles. The molecule has 0 radical (unpaired) electrons. The van der Waals surface area contributed by atoms with Gasteiger partial charge in [0.1, 0.15) is 11.6 Å². The van der Waals surface area contributed by atoms with E-state index in [1.54, 1.807) is 29.8 Å². The quantitative estimate of drug-likeness (QED) is 0.466. The summed E-state index contributed by atoms with van der Waals surface area (Å²) in [7, 11) is -2.17. The largest absolute Gasteiger partial charge is 0.313 e. The number of anilines is 1. The lowest BCUT2D eigenvalue weighted by Gasteiger charge is -2.27. The van der Waals surface area contributed by atoms with Crippen molar-refractivity contribution in [3.8, 4) is 11.4 Å². The zero-order valence-electron chi connectivity index (χ0n) is 18.3. The first-order chi connectivity index (χ1) is 15.3. The van der Waals surface area contributed by atoms with Crippen molar-refractivity contribution >= 4 is 27.3 Å². The molecule has 0 unspecified atom stereocenters. The summed E-state index contributed by atoms with van der Waals surface area (Å²) in [6.07, 6.45) is 1.36. The van der Waals surface area contributed by atoms with Gasteiger partial charge in [-0.25, -0.2) is 12.8 Å². The van der Waals surface area contributed by atoms with Gasteiger partial charge >= 0.3 is 0 Å². The summed E-state index contributed by atoms with van der Waals surface area (Å²) < 4.78 is 44.7. The number of hydrogen-bond donors (Lipinski definition) is 1. The second kappa shape index (κ2) is 10.4. The Balaban J connectivity index is 2.20. The Labute approximate surface area is 193 Å². The van der Waals surface area contributed by atoms with Crippen LogP contribution in [0.1, 0.15) is 32.5 Å². The van der Waals surface area contributed by atoms with Crippen LogP contribution in [0.4, 0.5) is 10.1 Å². The summed E-state index contributed by atoms with van der Waals surface area (Å²) in [5.74, 6) is 0.365. The van der Waals surface area contributed by atoms with Gasteiger partial charge in [-0.2, -0.15) is 0 Å². The van der Waals surface area contributed by atoms with Crippen LogP contribution in [0, 0.1) is 5.82 Å². The van der Waals surface area contributed by atoms with Crippen LogP contribution in [-0.4, -0.2) is 36.3 Å². The van der Waals surface area contributed by atoms with Gasteiger partial charge in [0.15, 0.2) is 5.82 Å². The van der Waals surface area contributed by atoms with Crippen molar-refractivity contribution in [2.24, 2.45) is 7.05 Å². The zero-order valence-corrected chi connectivity index (χ0v) is 19.9. The maximum atomic E-state index is 14.6. The van der Waals surface area contributed by atoms with Gasteiger partial charge in [-0.05, 0) is 31.2 Å². The minimum atomic E-state index is -3.95. The molecular weight excluding hydrogens is 453 g/mol. The van der Waals surface area contributed by atoms with Crippen molar-refractivity contribution < 1.29 is 12.8 Å². The first kappa shape index (κ1) is 24.2. The molecule has 10 heteroatoms. The van der Waals surface area contributed by atoms with Crippen LogP contribution < -0.4 is 9.62 Å². The van der Waals surface area contributed by atoms with E-state index in [1.165, 1.54) is 22.5 Å². The average Bonchev–Trinajstić information content (AvgIpc) is 3.15. The fourth-order valence-corrected chi connectivity index (χ4v) is 5.00. The molecule has 2 aromatic carbocycles. The predicted molar refractivity (Wildman–Crippen MR) is 125 cm³/mol. The third-order valence-corrected chi connectivity index (χ3v) is 7.21. The summed E-state index contributed by atoms with van der Waals surface area (Å²) >= 11 is 6.11. The first-order valence-corrected chi connectivity index (χ1v) is 12.3. The van der Waals surface area contributed by atoms with Crippen LogP contribution in [0.2, 0.25) is 5.02 Å². The normalized spacial score (nSPS) is 11.7. The van der Waals surface area contributed by atoms with Gasteiger partial charge in [-0.15, -0.1) is 10.2 Å². The topological polar surface area (TPSA) is 80.1 Å². The highest BCUT2D eigenvalue weighted by Gasteiger charge is 2.29. The van der Waals surface area contributed by atoms with E-state index < -0.39 is 15.8 Å². The van der Waals surface area contributed by atoms with Crippen molar-refractivity contribution in [2.75, 3.05) is 17.4 Å². The monoisotopic (exact) mass is 479 g/mol. The van der Waals surface area contributed by atoms with E-state index in [4.69, 9.17) is 11.6 Å². The van der Waals surface area contributed by atoms with E-state index in [2.05, 4.69) is 15.5 Å². The molecule has 0 saturated heterocycles. The van der Waals surface area contributed by atoms with E-state index in [9.17, 15) is 12.8 Å². The SMILES string of the molecule is CCCCN(c1cc(F)c(Cl)cc1-c1nnc(CNCC)n1C)S(=O)(=O)c1ccccc1. The molecule has 0 aliphatic rings. The second-order valence-corrected chi connectivity index (χ2v) is 9.58. The van der Waals surface area contributed by atoms with Crippen LogP contribution in [0.5, 0.6) is 0 Å². The van der Waals surface area contributed by atoms with Crippen LogP contribution in [0.25, 0.3) is 11.4 Å². The highest BCUT2D eigenvalue weighted by molar-refractivity contribution is 7.92. The molecule has 1 N–H and O–H groups in total. The van der Waals surface area contributed by atoms with Gasteiger partial charge in [0.25, 0.3) is 10.0 Å². The Morgan fingerprint density at radius 3 is 2.53 bits per heavy atom. The highest BCUT2D eigenvalue weighted by atomic mass is 35.5. The van der Waals surface area contributed by atoms with Crippen molar-refractivity contribution in [2.45, 2.75) is 38.1 Å². The van der Waals surface area contributed by atoms with Crippen LogP contribution in [0.15, 0.2) is 47.4 Å². The Kier molecular flexibility index (Phi) is 7.86. The minimum absolute atomic E-state index is 0.118. The summed E-state index contributed by atoms with van der Waals surface area (Å²) in [6.45, 7) is 5.38. The molecule has 0 atom stereocenters. The van der Waals surface area contributed by atoms with E-state index in [0.717, 1.165) is 19.0 Å². The van der Waals surface area contributed by atoms with Gasteiger partial charge in [0.2, 0.25) is 0 Å². The smallest absolute Gasteiger partial charge is 0.264 e. The van der Waals surface area contributed by atoms with Gasteiger partial charge in [-0.3, -0.25) is 4.31 Å². The second-order valence-electron chi connectivity index (χ2n) is 7.31. The van der Waals surface area contributed by atoms with Crippen LogP contribution in [0.3, 0.4) is 0 Å². The van der Waals surface area contributed by atoms with Crippen molar-refractivity contribution in [3.63, 3.8) is 0 Å². The van der Waals surface area contributed by atoms with Crippen molar-refractivity contribution in [1.29, 1.82) is 0 Å².